The second-order valence-electron chi connectivity index (χ2n) is 6.72. The fourth-order valence-electron chi connectivity index (χ4n) is 2.65. The molecule has 148 valence electrons. The first-order valence-corrected chi connectivity index (χ1v) is 10.5. The summed E-state index contributed by atoms with van der Waals surface area (Å²) in [6, 6.07) is 16.2. The molecule has 0 N–H and O–H groups in total. The lowest BCUT2D eigenvalue weighted by molar-refractivity contribution is 0.309. The number of nitrogens with zero attached hydrogens (tertiary/aromatic N) is 1. The third kappa shape index (κ3) is 5.88. The molecule has 0 aliphatic heterocycles. The molecule has 0 bridgehead atoms. The normalized spacial score (nSPS) is 11.0. The number of aromatic nitrogens is 1. The summed E-state index contributed by atoms with van der Waals surface area (Å²) < 4.78 is 17.3. The fourth-order valence-corrected chi connectivity index (χ4v) is 3.20. The van der Waals surface area contributed by atoms with Crippen molar-refractivity contribution in [2.45, 2.75) is 44.9 Å². The largest absolute Gasteiger partial charge is 0.494 e. The average molecular weight is 398 g/mol. The number of aryl methyl sites for hydroxylation is 2. The van der Waals surface area contributed by atoms with E-state index in [1.807, 2.05) is 31.2 Å². The van der Waals surface area contributed by atoms with Crippen molar-refractivity contribution in [3.05, 3.63) is 65.5 Å². The van der Waals surface area contributed by atoms with Gasteiger partial charge in [-0.25, -0.2) is 4.98 Å². The van der Waals surface area contributed by atoms with Gasteiger partial charge in [0, 0.05) is 28.9 Å². The first-order valence-electron chi connectivity index (χ1n) is 9.71. The van der Waals surface area contributed by atoms with E-state index >= 15 is 0 Å². The van der Waals surface area contributed by atoms with Gasteiger partial charge in [0.2, 0.25) is 5.89 Å². The summed E-state index contributed by atoms with van der Waals surface area (Å²) in [5.74, 6) is 2.35. The Morgan fingerprint density at radius 3 is 2.43 bits per heavy atom. The maximum absolute atomic E-state index is 5.85. The molecule has 0 aliphatic carbocycles. The van der Waals surface area contributed by atoms with E-state index in [1.165, 1.54) is 17.6 Å². The second-order valence-corrected chi connectivity index (χ2v) is 7.59. The van der Waals surface area contributed by atoms with Crippen LogP contribution in [-0.2, 0) is 10.6 Å². The zero-order valence-corrected chi connectivity index (χ0v) is 17.6. The summed E-state index contributed by atoms with van der Waals surface area (Å²) in [5.41, 5.74) is 3.13. The van der Waals surface area contributed by atoms with Crippen molar-refractivity contribution in [2.24, 2.45) is 0 Å². The molecule has 1 aromatic heterocycles. The van der Waals surface area contributed by atoms with Crippen LogP contribution in [0.1, 0.15) is 36.8 Å². The van der Waals surface area contributed by atoms with Crippen LogP contribution < -0.4 is 4.74 Å². The molecule has 0 saturated heterocycles. The van der Waals surface area contributed by atoms with Crippen molar-refractivity contribution in [3.8, 4) is 17.2 Å². The van der Waals surface area contributed by atoms with Crippen LogP contribution in [0.3, 0.4) is 0 Å². The Kier molecular flexibility index (Phi) is 7.57. The SMILES string of the molecule is CCCCOc1ccc(-c2nc(CCOSc3ccc(C)cc3)c(C)o2)cc1. The Morgan fingerprint density at radius 1 is 0.964 bits per heavy atom. The molecular formula is C23H27NO3S. The topological polar surface area (TPSA) is 44.5 Å². The van der Waals surface area contributed by atoms with Crippen molar-refractivity contribution in [1.29, 1.82) is 0 Å². The average Bonchev–Trinajstić information content (AvgIpc) is 3.08. The number of ether oxygens (including phenoxy) is 1. The molecule has 0 fully saturated rings. The number of unbranched alkanes of at least 4 members (excludes halogenated alkanes) is 1. The van der Waals surface area contributed by atoms with Crippen LogP contribution in [0.2, 0.25) is 0 Å². The van der Waals surface area contributed by atoms with E-state index in [0.29, 0.717) is 18.9 Å². The third-order valence-electron chi connectivity index (χ3n) is 4.36. The molecular weight excluding hydrogens is 370 g/mol. The monoisotopic (exact) mass is 397 g/mol. The van der Waals surface area contributed by atoms with Gasteiger partial charge in [0.05, 0.1) is 18.9 Å². The van der Waals surface area contributed by atoms with Crippen LogP contribution in [0, 0.1) is 13.8 Å². The van der Waals surface area contributed by atoms with E-state index in [0.717, 1.165) is 47.1 Å². The van der Waals surface area contributed by atoms with Gasteiger partial charge in [-0.15, -0.1) is 0 Å². The molecule has 4 nitrogen and oxygen atoms in total. The van der Waals surface area contributed by atoms with E-state index in [-0.39, 0.29) is 0 Å². The minimum absolute atomic E-state index is 0.579. The molecule has 0 aliphatic rings. The van der Waals surface area contributed by atoms with Gasteiger partial charge in [-0.1, -0.05) is 31.0 Å². The Balaban J connectivity index is 1.51. The molecule has 0 atom stereocenters. The molecule has 3 rings (SSSR count). The molecule has 5 heteroatoms. The number of hydrogen-bond donors (Lipinski definition) is 0. The molecule has 0 amide bonds. The van der Waals surface area contributed by atoms with Gasteiger partial charge < -0.3 is 13.3 Å². The molecule has 1 heterocycles. The van der Waals surface area contributed by atoms with Gasteiger partial charge in [0.1, 0.15) is 11.5 Å². The van der Waals surface area contributed by atoms with Crippen LogP contribution in [0.15, 0.2) is 57.8 Å². The molecule has 3 aromatic rings. The number of oxazole rings is 1. The van der Waals surface area contributed by atoms with Crippen molar-refractivity contribution in [1.82, 2.24) is 4.98 Å². The number of hydrogen-bond acceptors (Lipinski definition) is 5. The van der Waals surface area contributed by atoms with Gasteiger partial charge in [0.15, 0.2) is 0 Å². The van der Waals surface area contributed by atoms with Gasteiger partial charge >= 0.3 is 0 Å². The standard InChI is InChI=1S/C23H27NO3S/c1-4-5-15-25-20-10-8-19(9-11-20)23-24-22(18(3)27-23)14-16-26-28-21-12-6-17(2)7-13-21/h6-13H,4-5,14-16H2,1-3H3. The molecule has 0 spiro atoms. The van der Waals surface area contributed by atoms with Crippen LogP contribution in [0.25, 0.3) is 11.5 Å². The molecule has 0 unspecified atom stereocenters. The highest BCUT2D eigenvalue weighted by atomic mass is 32.2. The van der Waals surface area contributed by atoms with Crippen molar-refractivity contribution in [3.63, 3.8) is 0 Å². The predicted octanol–water partition coefficient (Wildman–Crippen LogP) is 6.40. The fraction of sp³-hybridized carbons (Fsp3) is 0.348. The zero-order chi connectivity index (χ0) is 19.8. The zero-order valence-electron chi connectivity index (χ0n) is 16.7. The summed E-state index contributed by atoms with van der Waals surface area (Å²) in [5, 5.41) is 0. The molecule has 0 radical (unpaired) electrons. The second kappa shape index (κ2) is 10.3. The number of rotatable bonds is 10. The Bertz CT molecular complexity index is 857. The highest BCUT2D eigenvalue weighted by Gasteiger charge is 2.12. The number of benzene rings is 2. The maximum atomic E-state index is 5.85. The highest BCUT2D eigenvalue weighted by Crippen LogP contribution is 2.25. The summed E-state index contributed by atoms with van der Waals surface area (Å²) >= 11 is 1.39. The smallest absolute Gasteiger partial charge is 0.226 e. The summed E-state index contributed by atoms with van der Waals surface area (Å²) in [7, 11) is 0. The summed E-state index contributed by atoms with van der Waals surface area (Å²) in [4.78, 5) is 5.75. The van der Waals surface area contributed by atoms with E-state index in [2.05, 4.69) is 43.1 Å². The third-order valence-corrected chi connectivity index (χ3v) is 5.11. The first-order chi connectivity index (χ1) is 13.7. The Hall–Kier alpha value is -2.24. The van der Waals surface area contributed by atoms with Gasteiger partial charge in [-0.05, 0) is 56.7 Å². The Labute approximate surface area is 171 Å². The van der Waals surface area contributed by atoms with Gasteiger partial charge in [0.25, 0.3) is 0 Å². The van der Waals surface area contributed by atoms with E-state index in [9.17, 15) is 0 Å². The highest BCUT2D eigenvalue weighted by molar-refractivity contribution is 7.94. The lowest BCUT2D eigenvalue weighted by Crippen LogP contribution is -1.96. The van der Waals surface area contributed by atoms with Crippen LogP contribution >= 0.6 is 12.0 Å². The van der Waals surface area contributed by atoms with Crippen molar-refractivity contribution < 1.29 is 13.3 Å². The van der Waals surface area contributed by atoms with Crippen LogP contribution in [0.4, 0.5) is 0 Å². The van der Waals surface area contributed by atoms with E-state index in [1.54, 1.807) is 0 Å². The van der Waals surface area contributed by atoms with Gasteiger partial charge in [-0.2, -0.15) is 0 Å². The predicted molar refractivity (Wildman–Crippen MR) is 114 cm³/mol. The minimum atomic E-state index is 0.579. The summed E-state index contributed by atoms with van der Waals surface area (Å²) in [6.45, 7) is 7.50. The lowest BCUT2D eigenvalue weighted by Gasteiger charge is -2.05. The molecule has 0 saturated carbocycles. The lowest BCUT2D eigenvalue weighted by atomic mass is 10.2. The van der Waals surface area contributed by atoms with E-state index in [4.69, 9.17) is 13.3 Å². The van der Waals surface area contributed by atoms with Gasteiger partial charge in [-0.3, -0.25) is 0 Å². The summed E-state index contributed by atoms with van der Waals surface area (Å²) in [6.07, 6.45) is 2.91. The van der Waals surface area contributed by atoms with E-state index < -0.39 is 0 Å². The molecule has 2 aromatic carbocycles. The molecule has 28 heavy (non-hydrogen) atoms. The van der Waals surface area contributed by atoms with Crippen LogP contribution in [-0.4, -0.2) is 18.2 Å². The quantitative estimate of drug-likeness (QED) is 0.292. The van der Waals surface area contributed by atoms with Crippen molar-refractivity contribution in [2.75, 3.05) is 13.2 Å². The minimum Gasteiger partial charge on any atom is -0.494 e. The van der Waals surface area contributed by atoms with Crippen LogP contribution in [0.5, 0.6) is 5.75 Å². The van der Waals surface area contributed by atoms with Crippen molar-refractivity contribution >= 4 is 12.0 Å². The maximum Gasteiger partial charge on any atom is 0.226 e. The first kappa shape index (κ1) is 20.5. The Morgan fingerprint density at radius 2 is 1.71 bits per heavy atom.